The standard InChI is InChI=1S/C30H30ClFN4O4S/c31-23-10-5-9-22(25(23)32)29-34-26(21-8-3-4-11-24(21)36-14-16-41(38,39)17-15-36)27(40-29)19-6-1-2-7-20(19)28(37)35-30(18-33)12-13-30/h3-5,8-11,19-20H,1-2,6-7,12-17H2,(H,35,37)/t19-,20-/m1/s1. The summed E-state index contributed by atoms with van der Waals surface area (Å²) in [7, 11) is -3.09. The van der Waals surface area contributed by atoms with E-state index in [-0.39, 0.29) is 39.8 Å². The van der Waals surface area contributed by atoms with E-state index in [2.05, 4.69) is 11.4 Å². The van der Waals surface area contributed by atoms with E-state index in [0.717, 1.165) is 24.1 Å². The van der Waals surface area contributed by atoms with Gasteiger partial charge < -0.3 is 14.6 Å². The van der Waals surface area contributed by atoms with E-state index < -0.39 is 27.1 Å². The Bertz CT molecular complexity index is 1630. The number of nitrogens with zero attached hydrogens (tertiary/aromatic N) is 3. The van der Waals surface area contributed by atoms with Crippen LogP contribution in [-0.2, 0) is 14.6 Å². The van der Waals surface area contributed by atoms with Crippen LogP contribution < -0.4 is 10.2 Å². The minimum Gasteiger partial charge on any atom is -0.440 e. The van der Waals surface area contributed by atoms with Gasteiger partial charge in [-0.3, -0.25) is 4.79 Å². The van der Waals surface area contributed by atoms with Crippen molar-refractivity contribution in [3.05, 3.63) is 59.1 Å². The average molecular weight is 597 g/mol. The number of rotatable bonds is 6. The quantitative estimate of drug-likeness (QED) is 0.400. The normalized spacial score (nSPS) is 23.0. The molecule has 0 unspecified atom stereocenters. The first-order valence-electron chi connectivity index (χ1n) is 13.9. The van der Waals surface area contributed by atoms with Gasteiger partial charge in [-0.15, -0.1) is 0 Å². The van der Waals surface area contributed by atoms with Gasteiger partial charge in [0.05, 0.1) is 28.2 Å². The predicted octanol–water partition coefficient (Wildman–Crippen LogP) is 5.48. The molecule has 1 amide bonds. The summed E-state index contributed by atoms with van der Waals surface area (Å²) in [4.78, 5) is 20.4. The van der Waals surface area contributed by atoms with E-state index >= 15 is 4.39 Å². The molecule has 3 aliphatic rings. The summed E-state index contributed by atoms with van der Waals surface area (Å²) in [5, 5.41) is 12.5. The first-order chi connectivity index (χ1) is 19.7. The average Bonchev–Trinajstić information content (AvgIpc) is 3.61. The van der Waals surface area contributed by atoms with Crippen molar-refractivity contribution in [3.63, 3.8) is 0 Å². The molecule has 0 spiro atoms. The third-order valence-corrected chi connectivity index (χ3v) is 10.3. The number of aromatic nitrogens is 1. The van der Waals surface area contributed by atoms with Crippen LogP contribution in [0.15, 0.2) is 46.9 Å². The van der Waals surface area contributed by atoms with Crippen LogP contribution in [-0.4, -0.2) is 49.4 Å². The lowest BCUT2D eigenvalue weighted by atomic mass is 9.76. The third kappa shape index (κ3) is 5.45. The number of para-hydroxylation sites is 1. The number of carbonyl (C=O) groups excluding carboxylic acids is 1. The van der Waals surface area contributed by atoms with Crippen LogP contribution in [0.3, 0.4) is 0 Å². The molecule has 2 aliphatic carbocycles. The van der Waals surface area contributed by atoms with Crippen LogP contribution >= 0.6 is 11.6 Å². The maximum atomic E-state index is 15.2. The molecule has 6 rings (SSSR count). The first kappa shape index (κ1) is 27.7. The van der Waals surface area contributed by atoms with Crippen molar-refractivity contribution in [1.82, 2.24) is 10.3 Å². The summed E-state index contributed by atoms with van der Waals surface area (Å²) < 4.78 is 45.8. The fourth-order valence-corrected chi connectivity index (χ4v) is 7.32. The number of benzene rings is 2. The van der Waals surface area contributed by atoms with Crippen molar-refractivity contribution in [2.24, 2.45) is 5.92 Å². The predicted molar refractivity (Wildman–Crippen MR) is 154 cm³/mol. The minimum atomic E-state index is -3.09. The Balaban J connectivity index is 1.46. The van der Waals surface area contributed by atoms with Crippen LogP contribution in [0, 0.1) is 23.1 Å². The Morgan fingerprint density at radius 3 is 2.54 bits per heavy atom. The SMILES string of the molecule is N#CC1(NC(=O)[C@@H]2CCCC[C@H]2c2oc(-c3cccc(Cl)c3F)nc2-c2ccccc2N2CCS(=O)(=O)CC2)CC1. The fraction of sp³-hybridized carbons (Fsp3) is 0.433. The number of carbonyl (C=O) groups is 1. The third-order valence-electron chi connectivity index (χ3n) is 8.45. The Labute approximate surface area is 243 Å². The molecule has 2 heterocycles. The van der Waals surface area contributed by atoms with E-state index in [0.29, 0.717) is 50.2 Å². The number of halogens is 2. The maximum Gasteiger partial charge on any atom is 0.229 e. The van der Waals surface area contributed by atoms with Crippen molar-refractivity contribution < 1.29 is 22.0 Å². The van der Waals surface area contributed by atoms with E-state index in [1.807, 2.05) is 29.2 Å². The van der Waals surface area contributed by atoms with E-state index in [1.54, 1.807) is 12.1 Å². The van der Waals surface area contributed by atoms with Crippen molar-refractivity contribution in [3.8, 4) is 28.8 Å². The molecule has 41 heavy (non-hydrogen) atoms. The topological polar surface area (TPSA) is 116 Å². The molecule has 3 fully saturated rings. The molecule has 11 heteroatoms. The van der Waals surface area contributed by atoms with Crippen LogP contribution in [0.4, 0.5) is 10.1 Å². The molecular formula is C30H30ClFN4O4S. The minimum absolute atomic E-state index is 0.0531. The lowest BCUT2D eigenvalue weighted by molar-refractivity contribution is -0.127. The van der Waals surface area contributed by atoms with Gasteiger partial charge in [-0.2, -0.15) is 5.26 Å². The van der Waals surface area contributed by atoms with E-state index in [9.17, 15) is 18.5 Å². The second kappa shape index (κ2) is 10.8. The number of oxazole rings is 1. The summed E-state index contributed by atoms with van der Waals surface area (Å²) in [5.41, 5.74) is 1.34. The Hall–Kier alpha value is -3.42. The summed E-state index contributed by atoms with van der Waals surface area (Å²) in [6.45, 7) is 0.681. The van der Waals surface area contributed by atoms with Crippen molar-refractivity contribution in [1.29, 1.82) is 5.26 Å². The number of nitrogens with one attached hydrogen (secondary N) is 1. The molecule has 2 saturated carbocycles. The maximum absolute atomic E-state index is 15.2. The first-order valence-corrected chi connectivity index (χ1v) is 16.1. The second-order valence-electron chi connectivity index (χ2n) is 11.2. The fourth-order valence-electron chi connectivity index (χ4n) is 5.94. The van der Waals surface area contributed by atoms with Crippen molar-refractivity contribution >= 4 is 33.0 Å². The Morgan fingerprint density at radius 2 is 1.80 bits per heavy atom. The van der Waals surface area contributed by atoms with Gasteiger partial charge in [0.15, 0.2) is 15.7 Å². The highest BCUT2D eigenvalue weighted by Crippen LogP contribution is 2.46. The zero-order valence-corrected chi connectivity index (χ0v) is 24.0. The second-order valence-corrected chi connectivity index (χ2v) is 13.9. The molecule has 0 bridgehead atoms. The van der Waals surface area contributed by atoms with E-state index in [1.165, 1.54) is 6.07 Å². The number of nitriles is 1. The molecule has 2 atom stereocenters. The molecule has 2 aromatic carbocycles. The van der Waals surface area contributed by atoms with E-state index in [4.69, 9.17) is 21.0 Å². The number of amides is 1. The molecule has 1 N–H and O–H groups in total. The van der Waals surface area contributed by atoms with Gasteiger partial charge in [-0.1, -0.05) is 48.7 Å². The smallest absolute Gasteiger partial charge is 0.229 e. The van der Waals surface area contributed by atoms with Gasteiger partial charge in [0, 0.05) is 36.2 Å². The zero-order valence-electron chi connectivity index (χ0n) is 22.4. The van der Waals surface area contributed by atoms with Gasteiger partial charge in [-0.25, -0.2) is 17.8 Å². The molecule has 1 saturated heterocycles. The molecule has 0 radical (unpaired) electrons. The lowest BCUT2D eigenvalue weighted by Crippen LogP contribution is -2.42. The number of hydrogen-bond donors (Lipinski definition) is 1. The van der Waals surface area contributed by atoms with Gasteiger partial charge in [0.1, 0.15) is 17.0 Å². The molecular weight excluding hydrogens is 567 g/mol. The number of sulfone groups is 1. The van der Waals surface area contributed by atoms with Gasteiger partial charge in [0.25, 0.3) is 0 Å². The summed E-state index contributed by atoms with van der Waals surface area (Å²) in [5.74, 6) is -0.955. The zero-order chi connectivity index (χ0) is 28.8. The van der Waals surface area contributed by atoms with Crippen LogP contribution in [0.5, 0.6) is 0 Å². The summed E-state index contributed by atoms with van der Waals surface area (Å²) >= 11 is 6.09. The highest BCUT2D eigenvalue weighted by atomic mass is 35.5. The Kier molecular flexibility index (Phi) is 7.28. The molecule has 3 aromatic rings. The van der Waals surface area contributed by atoms with Gasteiger partial charge >= 0.3 is 0 Å². The largest absolute Gasteiger partial charge is 0.440 e. The number of hydrogen-bond acceptors (Lipinski definition) is 7. The highest BCUT2D eigenvalue weighted by Gasteiger charge is 2.47. The highest BCUT2D eigenvalue weighted by molar-refractivity contribution is 7.91. The summed E-state index contributed by atoms with van der Waals surface area (Å²) in [6.07, 6.45) is 4.32. The van der Waals surface area contributed by atoms with Crippen LogP contribution in [0.2, 0.25) is 5.02 Å². The number of anilines is 1. The molecule has 1 aromatic heterocycles. The molecule has 1 aliphatic heterocycles. The Morgan fingerprint density at radius 1 is 1.10 bits per heavy atom. The summed E-state index contributed by atoms with van der Waals surface area (Å²) in [6, 6.07) is 14.4. The lowest BCUT2D eigenvalue weighted by Gasteiger charge is -2.32. The van der Waals surface area contributed by atoms with Crippen LogP contribution in [0.25, 0.3) is 22.7 Å². The monoisotopic (exact) mass is 596 g/mol. The van der Waals surface area contributed by atoms with Crippen molar-refractivity contribution in [2.45, 2.75) is 50.0 Å². The van der Waals surface area contributed by atoms with Gasteiger partial charge in [0.2, 0.25) is 11.8 Å². The van der Waals surface area contributed by atoms with Crippen LogP contribution in [0.1, 0.15) is 50.2 Å². The van der Waals surface area contributed by atoms with Gasteiger partial charge in [-0.05, 0) is 43.9 Å². The van der Waals surface area contributed by atoms with Crippen molar-refractivity contribution in [2.75, 3.05) is 29.5 Å². The molecule has 8 nitrogen and oxygen atoms in total. The molecule has 214 valence electrons.